The fourth-order valence-electron chi connectivity index (χ4n) is 1.92. The second kappa shape index (κ2) is 6.24. The van der Waals surface area contributed by atoms with Crippen LogP contribution in [0.3, 0.4) is 0 Å². The van der Waals surface area contributed by atoms with Crippen LogP contribution in [0.2, 0.25) is 5.02 Å². The second-order valence-electron chi connectivity index (χ2n) is 4.31. The van der Waals surface area contributed by atoms with Gasteiger partial charge in [0.25, 0.3) is 5.69 Å². The van der Waals surface area contributed by atoms with E-state index in [2.05, 4.69) is 21.2 Å². The highest BCUT2D eigenvalue weighted by Crippen LogP contribution is 2.32. The lowest BCUT2D eigenvalue weighted by Gasteiger charge is -2.17. The Morgan fingerprint density at radius 3 is 2.65 bits per heavy atom. The van der Waals surface area contributed by atoms with Gasteiger partial charge in [-0.3, -0.25) is 10.1 Å². The molecule has 0 aliphatic heterocycles. The smallest absolute Gasteiger partial charge is 0.293 e. The van der Waals surface area contributed by atoms with Crippen molar-refractivity contribution >= 4 is 38.9 Å². The molecule has 0 saturated carbocycles. The van der Waals surface area contributed by atoms with Gasteiger partial charge >= 0.3 is 0 Å². The first-order valence-corrected chi connectivity index (χ1v) is 7.11. The zero-order chi connectivity index (χ0) is 14.7. The first-order valence-electron chi connectivity index (χ1n) is 5.94. The van der Waals surface area contributed by atoms with Crippen molar-refractivity contribution in [3.05, 3.63) is 67.6 Å². The van der Waals surface area contributed by atoms with E-state index in [0.29, 0.717) is 15.2 Å². The van der Waals surface area contributed by atoms with E-state index in [1.54, 1.807) is 18.2 Å². The van der Waals surface area contributed by atoms with Gasteiger partial charge in [0.2, 0.25) is 0 Å². The lowest BCUT2D eigenvalue weighted by molar-refractivity contribution is -0.384. The van der Waals surface area contributed by atoms with Gasteiger partial charge in [0.15, 0.2) is 0 Å². The summed E-state index contributed by atoms with van der Waals surface area (Å²) in [5.74, 6) is 0. The summed E-state index contributed by atoms with van der Waals surface area (Å²) in [6, 6.07) is 12.2. The maximum atomic E-state index is 11.1. The average molecular weight is 356 g/mol. The van der Waals surface area contributed by atoms with E-state index in [4.69, 9.17) is 11.6 Å². The molecule has 0 spiro atoms. The van der Waals surface area contributed by atoms with Gasteiger partial charge in [0.05, 0.1) is 11.0 Å². The van der Waals surface area contributed by atoms with Crippen LogP contribution in [0, 0.1) is 10.1 Å². The standard InChI is InChI=1S/C14H12BrClN2O2/c1-9(11-4-2-3-5-12(11)16)17-13-7-6-10(15)8-14(13)18(19)20/h2-9,17H,1H3. The molecule has 104 valence electrons. The fraction of sp³-hybridized carbons (Fsp3) is 0.143. The van der Waals surface area contributed by atoms with Crippen LogP contribution in [-0.4, -0.2) is 4.92 Å². The molecule has 0 bridgehead atoms. The predicted octanol–water partition coefficient (Wildman–Crippen LogP) is 5.18. The van der Waals surface area contributed by atoms with E-state index < -0.39 is 4.92 Å². The molecule has 1 atom stereocenters. The van der Waals surface area contributed by atoms with E-state index in [-0.39, 0.29) is 11.7 Å². The molecule has 0 saturated heterocycles. The van der Waals surface area contributed by atoms with Crippen LogP contribution in [0.4, 0.5) is 11.4 Å². The second-order valence-corrected chi connectivity index (χ2v) is 5.63. The van der Waals surface area contributed by atoms with Crippen LogP contribution in [0.15, 0.2) is 46.9 Å². The van der Waals surface area contributed by atoms with Crippen molar-refractivity contribution in [2.24, 2.45) is 0 Å². The van der Waals surface area contributed by atoms with Gasteiger partial charge in [-0.25, -0.2) is 0 Å². The van der Waals surface area contributed by atoms with Crippen LogP contribution in [0.25, 0.3) is 0 Å². The lowest BCUT2D eigenvalue weighted by atomic mass is 10.1. The van der Waals surface area contributed by atoms with E-state index in [1.165, 1.54) is 6.07 Å². The van der Waals surface area contributed by atoms with Crippen LogP contribution in [-0.2, 0) is 0 Å². The Morgan fingerprint density at radius 1 is 1.30 bits per heavy atom. The zero-order valence-corrected chi connectivity index (χ0v) is 13.0. The Balaban J connectivity index is 2.31. The molecule has 1 N–H and O–H groups in total. The summed E-state index contributed by atoms with van der Waals surface area (Å²) >= 11 is 9.37. The number of halogens is 2. The Labute approximate surface area is 130 Å². The largest absolute Gasteiger partial charge is 0.373 e. The number of nitrogens with one attached hydrogen (secondary N) is 1. The average Bonchev–Trinajstić information content (AvgIpc) is 2.41. The highest BCUT2D eigenvalue weighted by Gasteiger charge is 2.17. The number of nitro benzene ring substituents is 1. The number of nitrogens with zero attached hydrogens (tertiary/aromatic N) is 1. The quantitative estimate of drug-likeness (QED) is 0.607. The number of hydrogen-bond acceptors (Lipinski definition) is 3. The molecule has 0 amide bonds. The summed E-state index contributed by atoms with van der Waals surface area (Å²) in [7, 11) is 0. The normalized spacial score (nSPS) is 11.9. The maximum absolute atomic E-state index is 11.1. The van der Waals surface area contributed by atoms with Crippen molar-refractivity contribution in [3.63, 3.8) is 0 Å². The minimum Gasteiger partial charge on any atom is -0.373 e. The molecule has 2 aromatic carbocycles. The minimum atomic E-state index is -0.410. The van der Waals surface area contributed by atoms with Gasteiger partial charge in [0, 0.05) is 15.6 Å². The van der Waals surface area contributed by atoms with E-state index in [0.717, 1.165) is 5.56 Å². The van der Waals surface area contributed by atoms with Crippen LogP contribution >= 0.6 is 27.5 Å². The fourth-order valence-corrected chi connectivity index (χ4v) is 2.56. The summed E-state index contributed by atoms with van der Waals surface area (Å²) in [4.78, 5) is 10.7. The van der Waals surface area contributed by atoms with Crippen molar-refractivity contribution in [2.75, 3.05) is 5.32 Å². The van der Waals surface area contributed by atoms with Crippen molar-refractivity contribution in [2.45, 2.75) is 13.0 Å². The Bertz CT molecular complexity index is 649. The Morgan fingerprint density at radius 2 is 2.00 bits per heavy atom. The third-order valence-corrected chi connectivity index (χ3v) is 3.74. The summed E-state index contributed by atoms with van der Waals surface area (Å²) in [5.41, 5.74) is 1.38. The third-order valence-electron chi connectivity index (χ3n) is 2.90. The Hall–Kier alpha value is -1.59. The maximum Gasteiger partial charge on any atom is 0.293 e. The molecule has 20 heavy (non-hydrogen) atoms. The summed E-state index contributed by atoms with van der Waals surface area (Å²) in [6.45, 7) is 1.91. The Kier molecular flexibility index (Phi) is 4.62. The van der Waals surface area contributed by atoms with Crippen molar-refractivity contribution in [3.8, 4) is 0 Å². The number of hydrogen-bond donors (Lipinski definition) is 1. The van der Waals surface area contributed by atoms with Gasteiger partial charge in [-0.05, 0) is 30.7 Å². The number of anilines is 1. The number of rotatable bonds is 4. The minimum absolute atomic E-state index is 0.0262. The van der Waals surface area contributed by atoms with Gasteiger partial charge < -0.3 is 5.32 Å². The third kappa shape index (κ3) is 3.29. The predicted molar refractivity (Wildman–Crippen MR) is 84.3 cm³/mol. The van der Waals surface area contributed by atoms with Gasteiger partial charge in [-0.1, -0.05) is 45.7 Å². The summed E-state index contributed by atoms with van der Waals surface area (Å²) in [6.07, 6.45) is 0. The van der Waals surface area contributed by atoms with E-state index in [1.807, 2.05) is 25.1 Å². The van der Waals surface area contributed by atoms with Crippen LogP contribution < -0.4 is 5.32 Å². The molecule has 0 fully saturated rings. The van der Waals surface area contributed by atoms with Crippen molar-refractivity contribution in [1.82, 2.24) is 0 Å². The molecule has 0 aliphatic carbocycles. The highest BCUT2D eigenvalue weighted by atomic mass is 79.9. The zero-order valence-electron chi connectivity index (χ0n) is 10.6. The van der Waals surface area contributed by atoms with Crippen LogP contribution in [0.1, 0.15) is 18.5 Å². The van der Waals surface area contributed by atoms with Gasteiger partial charge in [0.1, 0.15) is 5.69 Å². The van der Waals surface area contributed by atoms with Crippen LogP contribution in [0.5, 0.6) is 0 Å². The van der Waals surface area contributed by atoms with E-state index in [9.17, 15) is 10.1 Å². The first kappa shape index (κ1) is 14.8. The molecule has 6 heteroatoms. The SMILES string of the molecule is CC(Nc1ccc(Br)cc1[N+](=O)[O-])c1ccccc1Cl. The van der Waals surface area contributed by atoms with Crippen molar-refractivity contribution < 1.29 is 4.92 Å². The monoisotopic (exact) mass is 354 g/mol. The molecule has 0 radical (unpaired) electrons. The first-order chi connectivity index (χ1) is 9.49. The molecule has 0 heterocycles. The topological polar surface area (TPSA) is 55.2 Å². The molecule has 2 rings (SSSR count). The molecule has 4 nitrogen and oxygen atoms in total. The number of nitro groups is 1. The highest BCUT2D eigenvalue weighted by molar-refractivity contribution is 9.10. The molecule has 2 aromatic rings. The van der Waals surface area contributed by atoms with Gasteiger partial charge in [-0.2, -0.15) is 0 Å². The summed E-state index contributed by atoms with van der Waals surface area (Å²) < 4.78 is 0.667. The summed E-state index contributed by atoms with van der Waals surface area (Å²) in [5, 5.41) is 14.8. The van der Waals surface area contributed by atoms with E-state index >= 15 is 0 Å². The molecular formula is C14H12BrClN2O2. The lowest BCUT2D eigenvalue weighted by Crippen LogP contribution is -2.08. The van der Waals surface area contributed by atoms with Gasteiger partial charge in [-0.15, -0.1) is 0 Å². The number of benzene rings is 2. The molecule has 0 aromatic heterocycles. The molecule has 1 unspecified atom stereocenters. The molecule has 0 aliphatic rings. The molecular weight excluding hydrogens is 344 g/mol. The van der Waals surface area contributed by atoms with Crippen molar-refractivity contribution in [1.29, 1.82) is 0 Å².